The molecule has 1 aromatic rings. The summed E-state index contributed by atoms with van der Waals surface area (Å²) in [5.74, 6) is 0.440. The number of hydrogen-bond donors (Lipinski definition) is 2. The number of rotatable bonds is 4. The van der Waals surface area contributed by atoms with Crippen LogP contribution in [0.3, 0.4) is 0 Å². The molecule has 1 fully saturated rings. The summed E-state index contributed by atoms with van der Waals surface area (Å²) >= 11 is 0. The van der Waals surface area contributed by atoms with Crippen LogP contribution in [0.15, 0.2) is 18.5 Å². The van der Waals surface area contributed by atoms with Crippen LogP contribution >= 0.6 is 0 Å². The van der Waals surface area contributed by atoms with Gasteiger partial charge in [0.05, 0.1) is 0 Å². The van der Waals surface area contributed by atoms with Gasteiger partial charge in [-0.25, -0.2) is 0 Å². The second-order valence-electron chi connectivity index (χ2n) is 4.67. The van der Waals surface area contributed by atoms with Gasteiger partial charge in [0.1, 0.15) is 6.54 Å². The fourth-order valence-electron chi connectivity index (χ4n) is 2.30. The number of carbonyl (C=O) groups excluding carboxylic acids is 1. The minimum atomic E-state index is 0.0150. The van der Waals surface area contributed by atoms with Crippen LogP contribution in [-0.2, 0) is 11.3 Å². The normalized spacial score (nSPS) is 24.5. The number of amides is 1. The Labute approximate surface area is 101 Å². The van der Waals surface area contributed by atoms with Crippen molar-refractivity contribution < 1.29 is 9.90 Å². The molecule has 0 bridgehead atoms. The standard InChI is InChI=1S/C12H19N3O2/c16-9-10-2-4-11(5-3-10)14-12(17)8-15-7-1-6-13-15/h1,6-7,10-11,16H,2-5,8-9H2,(H,14,17). The predicted octanol–water partition coefficient (Wildman–Crippen LogP) is 0.550. The molecule has 0 radical (unpaired) electrons. The van der Waals surface area contributed by atoms with Crippen LogP contribution in [-0.4, -0.2) is 33.4 Å². The van der Waals surface area contributed by atoms with E-state index in [1.807, 2.05) is 0 Å². The average Bonchev–Trinajstić information content (AvgIpc) is 2.82. The molecule has 5 nitrogen and oxygen atoms in total. The lowest BCUT2D eigenvalue weighted by Crippen LogP contribution is -2.39. The largest absolute Gasteiger partial charge is 0.396 e. The molecule has 1 aliphatic carbocycles. The van der Waals surface area contributed by atoms with Crippen molar-refractivity contribution in [1.29, 1.82) is 0 Å². The van der Waals surface area contributed by atoms with Gasteiger partial charge in [-0.1, -0.05) is 0 Å². The highest BCUT2D eigenvalue weighted by Gasteiger charge is 2.21. The van der Waals surface area contributed by atoms with Gasteiger partial charge in [0.15, 0.2) is 0 Å². The zero-order chi connectivity index (χ0) is 12.1. The molecule has 5 heteroatoms. The van der Waals surface area contributed by atoms with E-state index < -0.39 is 0 Å². The van der Waals surface area contributed by atoms with Crippen molar-refractivity contribution in [3.05, 3.63) is 18.5 Å². The first-order valence-corrected chi connectivity index (χ1v) is 6.15. The highest BCUT2D eigenvalue weighted by atomic mass is 16.3. The van der Waals surface area contributed by atoms with Gasteiger partial charge in [-0.15, -0.1) is 0 Å². The molecule has 94 valence electrons. The molecule has 0 unspecified atom stereocenters. The lowest BCUT2D eigenvalue weighted by atomic mass is 9.86. The lowest BCUT2D eigenvalue weighted by molar-refractivity contribution is -0.122. The molecule has 0 aliphatic heterocycles. The number of hydrogen-bond acceptors (Lipinski definition) is 3. The number of nitrogens with one attached hydrogen (secondary N) is 1. The van der Waals surface area contributed by atoms with Crippen molar-refractivity contribution in [3.63, 3.8) is 0 Å². The second kappa shape index (κ2) is 5.82. The Morgan fingerprint density at radius 1 is 1.41 bits per heavy atom. The van der Waals surface area contributed by atoms with Gasteiger partial charge in [-0.3, -0.25) is 9.48 Å². The Balaban J connectivity index is 1.72. The van der Waals surface area contributed by atoms with Crippen LogP contribution in [0.4, 0.5) is 0 Å². The van der Waals surface area contributed by atoms with E-state index in [1.165, 1.54) is 0 Å². The summed E-state index contributed by atoms with van der Waals surface area (Å²) < 4.78 is 1.62. The Morgan fingerprint density at radius 3 is 2.76 bits per heavy atom. The predicted molar refractivity (Wildman–Crippen MR) is 63.2 cm³/mol. The van der Waals surface area contributed by atoms with Gasteiger partial charge < -0.3 is 10.4 Å². The summed E-state index contributed by atoms with van der Waals surface area (Å²) in [4.78, 5) is 11.7. The fourth-order valence-corrected chi connectivity index (χ4v) is 2.30. The molecule has 0 spiro atoms. The molecule has 2 N–H and O–H groups in total. The van der Waals surface area contributed by atoms with Gasteiger partial charge in [0.2, 0.25) is 5.91 Å². The van der Waals surface area contributed by atoms with Crippen LogP contribution in [0, 0.1) is 5.92 Å². The summed E-state index contributed by atoms with van der Waals surface area (Å²) in [6, 6.07) is 2.07. The number of carbonyl (C=O) groups is 1. The fraction of sp³-hybridized carbons (Fsp3) is 0.667. The third-order valence-corrected chi connectivity index (χ3v) is 3.33. The molecule has 1 amide bonds. The minimum absolute atomic E-state index is 0.0150. The molecule has 1 aliphatic rings. The molecule has 0 aromatic carbocycles. The molecule has 1 heterocycles. The van der Waals surface area contributed by atoms with Crippen LogP contribution in [0.1, 0.15) is 25.7 Å². The first-order valence-electron chi connectivity index (χ1n) is 6.15. The molecule has 1 aromatic heterocycles. The van der Waals surface area contributed by atoms with Crippen molar-refractivity contribution in [3.8, 4) is 0 Å². The van der Waals surface area contributed by atoms with Crippen molar-refractivity contribution in [2.24, 2.45) is 5.92 Å². The van der Waals surface area contributed by atoms with Crippen LogP contribution in [0.2, 0.25) is 0 Å². The van der Waals surface area contributed by atoms with E-state index in [0.29, 0.717) is 5.92 Å². The van der Waals surface area contributed by atoms with E-state index in [4.69, 9.17) is 5.11 Å². The number of aliphatic hydroxyl groups is 1. The number of aliphatic hydroxyl groups excluding tert-OH is 1. The monoisotopic (exact) mass is 237 g/mol. The molecule has 2 rings (SSSR count). The highest BCUT2D eigenvalue weighted by molar-refractivity contribution is 5.75. The molecule has 1 saturated carbocycles. The van der Waals surface area contributed by atoms with Gasteiger partial charge in [-0.05, 0) is 37.7 Å². The number of aromatic nitrogens is 2. The lowest BCUT2D eigenvalue weighted by Gasteiger charge is -2.27. The summed E-state index contributed by atoms with van der Waals surface area (Å²) in [6.07, 6.45) is 7.39. The molecular weight excluding hydrogens is 218 g/mol. The van der Waals surface area contributed by atoms with Crippen LogP contribution < -0.4 is 5.32 Å². The molecule has 0 saturated heterocycles. The minimum Gasteiger partial charge on any atom is -0.396 e. The molecule has 17 heavy (non-hydrogen) atoms. The Kier molecular flexibility index (Phi) is 4.14. The third-order valence-electron chi connectivity index (χ3n) is 3.33. The zero-order valence-electron chi connectivity index (χ0n) is 9.88. The number of nitrogens with zero attached hydrogens (tertiary/aromatic N) is 2. The first-order chi connectivity index (χ1) is 8.28. The van der Waals surface area contributed by atoms with E-state index >= 15 is 0 Å². The quantitative estimate of drug-likeness (QED) is 0.803. The maximum atomic E-state index is 11.7. The summed E-state index contributed by atoms with van der Waals surface area (Å²) in [6.45, 7) is 0.556. The Bertz CT molecular complexity index is 343. The van der Waals surface area contributed by atoms with Gasteiger partial charge in [0, 0.05) is 25.0 Å². The Hall–Kier alpha value is -1.36. The molecule has 0 atom stereocenters. The topological polar surface area (TPSA) is 67.2 Å². The zero-order valence-corrected chi connectivity index (χ0v) is 9.88. The molecular formula is C12H19N3O2. The summed E-state index contributed by atoms with van der Waals surface area (Å²) in [7, 11) is 0. The van der Waals surface area contributed by atoms with Gasteiger partial charge in [-0.2, -0.15) is 5.10 Å². The maximum absolute atomic E-state index is 11.7. The summed E-state index contributed by atoms with van der Waals surface area (Å²) in [5.41, 5.74) is 0. The Morgan fingerprint density at radius 2 is 2.18 bits per heavy atom. The van der Waals surface area contributed by atoms with Gasteiger partial charge in [0.25, 0.3) is 0 Å². The van der Waals surface area contributed by atoms with E-state index in [0.717, 1.165) is 25.7 Å². The van der Waals surface area contributed by atoms with Crippen LogP contribution in [0.5, 0.6) is 0 Å². The van der Waals surface area contributed by atoms with Crippen molar-refractivity contribution >= 4 is 5.91 Å². The highest BCUT2D eigenvalue weighted by Crippen LogP contribution is 2.23. The second-order valence-corrected chi connectivity index (χ2v) is 4.67. The average molecular weight is 237 g/mol. The smallest absolute Gasteiger partial charge is 0.241 e. The van der Waals surface area contributed by atoms with E-state index in [9.17, 15) is 4.79 Å². The summed E-state index contributed by atoms with van der Waals surface area (Å²) in [5, 5.41) is 16.0. The maximum Gasteiger partial charge on any atom is 0.241 e. The van der Waals surface area contributed by atoms with E-state index in [2.05, 4.69) is 10.4 Å². The van der Waals surface area contributed by atoms with Crippen molar-refractivity contribution in [1.82, 2.24) is 15.1 Å². The van der Waals surface area contributed by atoms with Crippen LogP contribution in [0.25, 0.3) is 0 Å². The van der Waals surface area contributed by atoms with Crippen molar-refractivity contribution in [2.75, 3.05) is 6.61 Å². The van der Waals surface area contributed by atoms with E-state index in [1.54, 1.807) is 23.1 Å². The third kappa shape index (κ3) is 3.56. The SMILES string of the molecule is O=C(Cn1cccn1)NC1CCC(CO)CC1. The van der Waals surface area contributed by atoms with E-state index in [-0.39, 0.29) is 25.1 Å². The first kappa shape index (κ1) is 12.1. The van der Waals surface area contributed by atoms with Crippen molar-refractivity contribution in [2.45, 2.75) is 38.3 Å². The van der Waals surface area contributed by atoms with Gasteiger partial charge >= 0.3 is 0 Å².